The summed E-state index contributed by atoms with van der Waals surface area (Å²) in [7, 11) is 2.11. The first-order valence-electron chi connectivity index (χ1n) is 8.66. The van der Waals surface area contributed by atoms with Crippen molar-refractivity contribution in [3.63, 3.8) is 0 Å². The van der Waals surface area contributed by atoms with E-state index in [4.69, 9.17) is 0 Å². The Kier molecular flexibility index (Phi) is 8.12. The maximum Gasteiger partial charge on any atom is 0.223 e. The Bertz CT molecular complexity index is 355. The number of amides is 1. The van der Waals surface area contributed by atoms with Gasteiger partial charge in [0.05, 0.1) is 5.60 Å². The molecule has 0 aromatic rings. The van der Waals surface area contributed by atoms with Crippen LogP contribution in [0.3, 0.4) is 0 Å². The molecule has 2 N–H and O–H groups in total. The number of hydrogen-bond donors (Lipinski definition) is 2. The van der Waals surface area contributed by atoms with Gasteiger partial charge >= 0.3 is 0 Å². The maximum atomic E-state index is 12.3. The first-order valence-corrected chi connectivity index (χ1v) is 8.66. The van der Waals surface area contributed by atoms with E-state index in [2.05, 4.69) is 23.8 Å². The molecule has 1 aliphatic heterocycles. The highest BCUT2D eigenvalue weighted by Gasteiger charge is 2.23. The van der Waals surface area contributed by atoms with E-state index in [9.17, 15) is 9.90 Å². The summed E-state index contributed by atoms with van der Waals surface area (Å²) in [6.07, 6.45) is 7.98. The van der Waals surface area contributed by atoms with E-state index in [1.807, 2.05) is 19.9 Å². The highest BCUT2D eigenvalue weighted by Crippen LogP contribution is 2.22. The third-order valence-corrected chi connectivity index (χ3v) is 4.71. The van der Waals surface area contributed by atoms with Crippen molar-refractivity contribution in [2.24, 2.45) is 5.92 Å². The van der Waals surface area contributed by atoms with Gasteiger partial charge in [-0.05, 0) is 72.0 Å². The van der Waals surface area contributed by atoms with Gasteiger partial charge in [0.25, 0.3) is 0 Å². The molecular weight excluding hydrogens is 276 g/mol. The number of hydrogen-bond acceptors (Lipinski definition) is 3. The van der Waals surface area contributed by atoms with Crippen LogP contribution in [0.2, 0.25) is 0 Å². The summed E-state index contributed by atoms with van der Waals surface area (Å²) in [4.78, 5) is 14.6. The van der Waals surface area contributed by atoms with Crippen molar-refractivity contribution in [1.29, 1.82) is 0 Å². The van der Waals surface area contributed by atoms with Gasteiger partial charge in [-0.3, -0.25) is 4.79 Å². The van der Waals surface area contributed by atoms with Crippen molar-refractivity contribution in [2.45, 2.75) is 70.4 Å². The number of nitrogens with zero attached hydrogens (tertiary/aromatic N) is 1. The number of aliphatic hydroxyl groups is 1. The Hall–Kier alpha value is -0.870. The fourth-order valence-corrected chi connectivity index (χ4v) is 3.06. The second-order valence-electron chi connectivity index (χ2n) is 7.22. The summed E-state index contributed by atoms with van der Waals surface area (Å²) in [5.74, 6) is 0.134. The van der Waals surface area contributed by atoms with Gasteiger partial charge in [0, 0.05) is 12.0 Å². The molecule has 0 bridgehead atoms. The number of rotatable bonds is 2. The molecule has 22 heavy (non-hydrogen) atoms. The molecule has 1 heterocycles. The zero-order chi connectivity index (χ0) is 16.6. The summed E-state index contributed by atoms with van der Waals surface area (Å²) >= 11 is 0. The van der Waals surface area contributed by atoms with Gasteiger partial charge in [0.2, 0.25) is 5.91 Å². The minimum absolute atomic E-state index is 0.00351. The van der Waals surface area contributed by atoms with Gasteiger partial charge in [-0.2, -0.15) is 0 Å². The minimum Gasteiger partial charge on any atom is -0.390 e. The third kappa shape index (κ3) is 7.41. The molecule has 1 rings (SSSR count). The van der Waals surface area contributed by atoms with E-state index in [0.717, 1.165) is 58.0 Å². The van der Waals surface area contributed by atoms with E-state index >= 15 is 0 Å². The zero-order valence-electron chi connectivity index (χ0n) is 14.6. The summed E-state index contributed by atoms with van der Waals surface area (Å²) in [6, 6.07) is 0.181. The molecule has 1 unspecified atom stereocenters. The monoisotopic (exact) mass is 310 g/mol. The van der Waals surface area contributed by atoms with E-state index < -0.39 is 5.60 Å². The molecular formula is C18H34N2O2. The molecule has 3 atom stereocenters. The SMILES string of the molecule is C=CCC1CCN(C)CCC[C@@](C)(O)CCC[C@@H](C)C(=O)N1. The number of nitrogens with one attached hydrogen (secondary N) is 1. The highest BCUT2D eigenvalue weighted by molar-refractivity contribution is 5.78. The predicted molar refractivity (Wildman–Crippen MR) is 91.7 cm³/mol. The standard InChI is InChI=1S/C18H34N2O2/c1-5-8-16-10-14-20(4)13-7-12-18(3,22)11-6-9-15(2)17(21)19-16/h5,15-16,22H,1,6-14H2,2-4H3,(H,19,21)/t15-,16?,18+/m1/s1. The van der Waals surface area contributed by atoms with E-state index in [-0.39, 0.29) is 17.9 Å². The van der Waals surface area contributed by atoms with E-state index in [0.29, 0.717) is 0 Å². The Labute approximate surface area is 136 Å². The lowest BCUT2D eigenvalue weighted by molar-refractivity contribution is -0.125. The second kappa shape index (κ2) is 9.31. The van der Waals surface area contributed by atoms with Crippen molar-refractivity contribution in [1.82, 2.24) is 10.2 Å². The van der Waals surface area contributed by atoms with Crippen molar-refractivity contribution in [3.8, 4) is 0 Å². The van der Waals surface area contributed by atoms with Crippen LogP contribution >= 0.6 is 0 Å². The zero-order valence-corrected chi connectivity index (χ0v) is 14.6. The van der Waals surface area contributed by atoms with E-state index in [1.54, 1.807) is 0 Å². The van der Waals surface area contributed by atoms with Crippen LogP contribution in [-0.4, -0.2) is 47.7 Å². The number of carbonyl (C=O) groups excluding carboxylic acids is 1. The predicted octanol–water partition coefficient (Wildman–Crippen LogP) is 2.72. The molecule has 0 aromatic heterocycles. The van der Waals surface area contributed by atoms with Gasteiger partial charge < -0.3 is 15.3 Å². The number of carbonyl (C=O) groups is 1. The Morgan fingerprint density at radius 3 is 2.73 bits per heavy atom. The second-order valence-corrected chi connectivity index (χ2v) is 7.22. The van der Waals surface area contributed by atoms with Crippen molar-refractivity contribution < 1.29 is 9.90 Å². The molecule has 0 radical (unpaired) electrons. The lowest BCUT2D eigenvalue weighted by Gasteiger charge is -2.28. The van der Waals surface area contributed by atoms with Crippen LogP contribution in [0.25, 0.3) is 0 Å². The highest BCUT2D eigenvalue weighted by atomic mass is 16.3. The quantitative estimate of drug-likeness (QED) is 0.771. The Morgan fingerprint density at radius 1 is 1.36 bits per heavy atom. The molecule has 0 aliphatic carbocycles. The molecule has 0 aromatic carbocycles. The molecule has 4 heteroatoms. The van der Waals surface area contributed by atoms with Crippen LogP contribution in [0.4, 0.5) is 0 Å². The first-order chi connectivity index (χ1) is 10.3. The van der Waals surface area contributed by atoms with E-state index in [1.165, 1.54) is 0 Å². The van der Waals surface area contributed by atoms with Crippen LogP contribution in [0.1, 0.15) is 58.8 Å². The summed E-state index contributed by atoms with van der Waals surface area (Å²) in [5.41, 5.74) is -0.605. The Morgan fingerprint density at radius 2 is 2.05 bits per heavy atom. The average Bonchev–Trinajstić information content (AvgIpc) is 2.43. The molecule has 1 fully saturated rings. The molecule has 0 saturated carbocycles. The summed E-state index contributed by atoms with van der Waals surface area (Å²) in [6.45, 7) is 9.64. The Balaban J connectivity index is 2.67. The molecule has 128 valence electrons. The lowest BCUT2D eigenvalue weighted by atomic mass is 9.91. The summed E-state index contributed by atoms with van der Waals surface area (Å²) < 4.78 is 0. The topological polar surface area (TPSA) is 52.6 Å². The summed E-state index contributed by atoms with van der Waals surface area (Å²) in [5, 5.41) is 13.6. The molecule has 1 saturated heterocycles. The van der Waals surface area contributed by atoms with Gasteiger partial charge in [-0.25, -0.2) is 0 Å². The van der Waals surface area contributed by atoms with Crippen LogP contribution < -0.4 is 5.32 Å². The lowest BCUT2D eigenvalue weighted by Crippen LogP contribution is -2.40. The van der Waals surface area contributed by atoms with Crippen LogP contribution in [0.15, 0.2) is 12.7 Å². The fourth-order valence-electron chi connectivity index (χ4n) is 3.06. The van der Waals surface area contributed by atoms with Gasteiger partial charge in [0.1, 0.15) is 0 Å². The molecule has 4 nitrogen and oxygen atoms in total. The minimum atomic E-state index is -0.605. The fraction of sp³-hybridized carbons (Fsp3) is 0.833. The molecule has 1 aliphatic rings. The first kappa shape index (κ1) is 19.2. The van der Waals surface area contributed by atoms with Crippen molar-refractivity contribution in [3.05, 3.63) is 12.7 Å². The molecule has 0 spiro atoms. The van der Waals surface area contributed by atoms with Crippen LogP contribution in [0, 0.1) is 5.92 Å². The smallest absolute Gasteiger partial charge is 0.223 e. The van der Waals surface area contributed by atoms with Crippen molar-refractivity contribution >= 4 is 5.91 Å². The largest absolute Gasteiger partial charge is 0.390 e. The maximum absolute atomic E-state index is 12.3. The normalized spacial score (nSPS) is 33.7. The average molecular weight is 310 g/mol. The van der Waals surface area contributed by atoms with Crippen LogP contribution in [0.5, 0.6) is 0 Å². The van der Waals surface area contributed by atoms with Crippen LogP contribution in [-0.2, 0) is 4.79 Å². The third-order valence-electron chi connectivity index (χ3n) is 4.71. The van der Waals surface area contributed by atoms with Gasteiger partial charge in [0.15, 0.2) is 0 Å². The van der Waals surface area contributed by atoms with Gasteiger partial charge in [-0.15, -0.1) is 6.58 Å². The van der Waals surface area contributed by atoms with Crippen molar-refractivity contribution in [2.75, 3.05) is 20.1 Å². The molecule has 1 amide bonds. The van der Waals surface area contributed by atoms with Gasteiger partial charge in [-0.1, -0.05) is 13.0 Å².